The van der Waals surface area contributed by atoms with E-state index in [0.29, 0.717) is 48.1 Å². The maximum absolute atomic E-state index is 13.9. The van der Waals surface area contributed by atoms with Crippen LogP contribution in [-0.2, 0) is 14.3 Å². The van der Waals surface area contributed by atoms with Gasteiger partial charge in [0, 0.05) is 12.6 Å². The largest absolute Gasteiger partial charge is 0.860 e. The Morgan fingerprint density at radius 2 is 1.85 bits per heavy atom. The van der Waals surface area contributed by atoms with Crippen molar-refractivity contribution in [2.24, 2.45) is 34.6 Å². The molecule has 2 N–H and O–H groups in total. The number of ether oxygens (including phenoxy) is 2. The lowest BCUT2D eigenvalue weighted by molar-refractivity contribution is -0.219. The maximum atomic E-state index is 13.9. The third kappa shape index (κ3) is 8.11. The molecule has 10 nitrogen and oxygen atoms in total. The summed E-state index contributed by atoms with van der Waals surface area (Å²) in [5.74, 6) is 2.70. The molecule has 2 heterocycles. The maximum Gasteiger partial charge on any atom is 0.408 e. The van der Waals surface area contributed by atoms with Gasteiger partial charge in [0.25, 0.3) is 0 Å². The Morgan fingerprint density at radius 3 is 2.62 bits per heavy atom. The zero-order valence-corrected chi connectivity index (χ0v) is 29.1. The van der Waals surface area contributed by atoms with Crippen molar-refractivity contribution < 1.29 is 29.0 Å². The fourth-order valence-electron chi connectivity index (χ4n) is 9.21. The number of likely N-dealkylation sites (tertiary alicyclic amines) is 1. The molecule has 2 amide bonds. The average Bonchev–Trinajstić information content (AvgIpc) is 3.60. The molecule has 264 valence electrons. The van der Waals surface area contributed by atoms with Crippen LogP contribution in [0.25, 0.3) is 0 Å². The molecule has 5 aliphatic rings. The second kappa shape index (κ2) is 15.5. The Kier molecular flexibility index (Phi) is 11.2. The predicted octanol–water partition coefficient (Wildman–Crippen LogP) is 6.14. The van der Waals surface area contributed by atoms with Gasteiger partial charge in [-0.25, -0.2) is 4.79 Å². The minimum Gasteiger partial charge on any atom is -0.860 e. The first-order valence-electron chi connectivity index (χ1n) is 18.7. The molecule has 1 saturated heterocycles. The molecule has 4 fully saturated rings. The normalized spacial score (nSPS) is 30.0. The molecule has 2 aliphatic heterocycles. The SMILES string of the molecule is COc1ccc2c(c1)N=C([O-])C(CCCCC[C@H]1C(OC(=O)NC(CCC3CCCCC3)C(=O)N3CC[C@@H](C)[C@H]3C(C)=O)CC3CC31)N2. The number of carbonyl (C=O) groups excluding carboxylic acids is 3. The van der Waals surface area contributed by atoms with Crippen LogP contribution in [-0.4, -0.2) is 66.5 Å². The molecule has 1 aromatic rings. The summed E-state index contributed by atoms with van der Waals surface area (Å²) < 4.78 is 11.4. The number of anilines is 1. The Bertz CT molecular complexity index is 1340. The van der Waals surface area contributed by atoms with Crippen LogP contribution >= 0.6 is 0 Å². The summed E-state index contributed by atoms with van der Waals surface area (Å²) in [4.78, 5) is 45.7. The Labute approximate surface area is 285 Å². The number of amides is 2. The summed E-state index contributed by atoms with van der Waals surface area (Å²) >= 11 is 0. The standard InChI is InChI=1S/C38H56N4O6/c1-23-18-19-42(35(23)24(2)43)37(45)32(16-14-25-10-6-4-7-11-25)41-38(46)48-34-21-26-20-29(26)28(34)12-8-5-9-13-31-36(44)40-33-22-27(47-3)15-17-30(33)39-31/h15,17,22-23,25-26,28-29,31-32,34-35,39H,4-14,16,18-21H2,1-3H3,(H,40,44)(H,41,46)/p-1/t23-,26?,28-,29?,31?,32?,34?,35+/m1/s1. The van der Waals surface area contributed by atoms with E-state index in [1.165, 1.54) is 38.5 Å². The van der Waals surface area contributed by atoms with Gasteiger partial charge in [-0.3, -0.25) is 14.6 Å². The van der Waals surface area contributed by atoms with Crippen molar-refractivity contribution in [3.63, 3.8) is 0 Å². The van der Waals surface area contributed by atoms with Crippen molar-refractivity contribution in [2.75, 3.05) is 19.0 Å². The Hall–Kier alpha value is -3.30. The van der Waals surface area contributed by atoms with Gasteiger partial charge in [-0.1, -0.05) is 58.3 Å². The molecule has 48 heavy (non-hydrogen) atoms. The summed E-state index contributed by atoms with van der Waals surface area (Å²) in [5.41, 5.74) is 1.48. The second-order valence-corrected chi connectivity index (χ2v) is 15.3. The van der Waals surface area contributed by atoms with Gasteiger partial charge >= 0.3 is 6.09 Å². The highest BCUT2D eigenvalue weighted by molar-refractivity contribution is 5.92. The molecule has 10 heteroatoms. The van der Waals surface area contributed by atoms with Gasteiger partial charge in [-0.05, 0) is 99.5 Å². The first-order chi connectivity index (χ1) is 23.2. The summed E-state index contributed by atoms with van der Waals surface area (Å²) in [5, 5.41) is 19.0. The number of rotatable bonds is 14. The minimum atomic E-state index is -0.669. The van der Waals surface area contributed by atoms with Crippen LogP contribution in [0.2, 0.25) is 0 Å². The number of methoxy groups -OCH3 is 1. The van der Waals surface area contributed by atoms with E-state index in [9.17, 15) is 19.5 Å². The van der Waals surface area contributed by atoms with Crippen LogP contribution in [0, 0.1) is 29.6 Å². The highest BCUT2D eigenvalue weighted by Crippen LogP contribution is 2.57. The predicted molar refractivity (Wildman–Crippen MR) is 183 cm³/mol. The molecule has 0 radical (unpaired) electrons. The lowest BCUT2D eigenvalue weighted by Gasteiger charge is -2.31. The molecular formula is C38H55N4O6-. The summed E-state index contributed by atoms with van der Waals surface area (Å²) in [6.07, 6.45) is 14.5. The number of Topliss-reactive ketones (excluding diaryl/α,β-unsaturated/α-hetero) is 1. The van der Waals surface area contributed by atoms with Crippen LogP contribution in [0.15, 0.2) is 23.2 Å². The molecule has 1 aromatic carbocycles. The average molecular weight is 664 g/mol. The van der Waals surface area contributed by atoms with E-state index in [-0.39, 0.29) is 35.7 Å². The van der Waals surface area contributed by atoms with E-state index < -0.39 is 18.2 Å². The second-order valence-electron chi connectivity index (χ2n) is 15.3. The van der Waals surface area contributed by atoms with Gasteiger partial charge < -0.3 is 30.1 Å². The lowest BCUT2D eigenvalue weighted by Crippen LogP contribution is -2.52. The minimum absolute atomic E-state index is 0.0120. The molecule has 0 bridgehead atoms. The number of hydrogen-bond acceptors (Lipinski definition) is 8. The highest BCUT2D eigenvalue weighted by Gasteiger charge is 2.54. The van der Waals surface area contributed by atoms with E-state index in [2.05, 4.69) is 15.6 Å². The Balaban J connectivity index is 0.987. The van der Waals surface area contributed by atoms with Gasteiger partial charge in [0.2, 0.25) is 5.91 Å². The molecule has 3 aliphatic carbocycles. The molecule has 3 saturated carbocycles. The number of unbranched alkanes of at least 4 members (excludes halogenated alkanes) is 2. The number of benzene rings is 1. The first-order valence-corrected chi connectivity index (χ1v) is 18.7. The number of nitrogens with zero attached hydrogens (tertiary/aromatic N) is 2. The summed E-state index contributed by atoms with van der Waals surface area (Å²) in [7, 11) is 1.60. The third-order valence-corrected chi connectivity index (χ3v) is 12.0. The fraction of sp³-hybridized carbons (Fsp3) is 0.737. The molecule has 5 unspecified atom stereocenters. The Morgan fingerprint density at radius 1 is 1.06 bits per heavy atom. The molecule has 6 rings (SSSR count). The van der Waals surface area contributed by atoms with Crippen molar-refractivity contribution in [3.05, 3.63) is 18.2 Å². The van der Waals surface area contributed by atoms with Crippen LogP contribution < -0.4 is 20.5 Å². The van der Waals surface area contributed by atoms with Gasteiger partial charge in [0.15, 0.2) is 5.78 Å². The van der Waals surface area contributed by atoms with Crippen LogP contribution in [0.3, 0.4) is 0 Å². The topological polar surface area (TPSA) is 132 Å². The fourth-order valence-corrected chi connectivity index (χ4v) is 9.21. The van der Waals surface area contributed by atoms with Crippen molar-refractivity contribution in [3.8, 4) is 5.75 Å². The van der Waals surface area contributed by atoms with Crippen LogP contribution in [0.1, 0.15) is 110 Å². The lowest BCUT2D eigenvalue weighted by atomic mass is 9.85. The number of nitrogens with one attached hydrogen (secondary N) is 2. The van der Waals surface area contributed by atoms with Crippen molar-refractivity contribution in [2.45, 2.75) is 134 Å². The van der Waals surface area contributed by atoms with Crippen LogP contribution in [0.4, 0.5) is 16.2 Å². The van der Waals surface area contributed by atoms with E-state index in [0.717, 1.165) is 57.1 Å². The van der Waals surface area contributed by atoms with Gasteiger partial charge in [0.05, 0.1) is 30.6 Å². The number of ketones is 1. The van der Waals surface area contributed by atoms with Crippen molar-refractivity contribution in [1.29, 1.82) is 0 Å². The van der Waals surface area contributed by atoms with E-state index in [4.69, 9.17) is 9.47 Å². The van der Waals surface area contributed by atoms with Gasteiger partial charge in [-0.15, -0.1) is 0 Å². The van der Waals surface area contributed by atoms with Gasteiger partial charge in [0.1, 0.15) is 17.9 Å². The summed E-state index contributed by atoms with van der Waals surface area (Å²) in [6.45, 7) is 4.15. The first kappa shape index (κ1) is 34.6. The smallest absolute Gasteiger partial charge is 0.408 e. The number of alkyl carbamates (subject to hydrolysis) is 1. The monoisotopic (exact) mass is 663 g/mol. The third-order valence-electron chi connectivity index (χ3n) is 12.0. The van der Waals surface area contributed by atoms with Crippen molar-refractivity contribution >= 4 is 35.1 Å². The molecule has 0 spiro atoms. The zero-order chi connectivity index (χ0) is 33.8. The summed E-state index contributed by atoms with van der Waals surface area (Å²) in [6, 6.07) is 4.15. The number of fused-ring (bicyclic) bond motifs is 2. The van der Waals surface area contributed by atoms with E-state index in [1.807, 2.05) is 19.1 Å². The number of carbonyl (C=O) groups is 3. The molecule has 0 aromatic heterocycles. The quantitative estimate of drug-likeness (QED) is 0.229. The van der Waals surface area contributed by atoms with Gasteiger partial charge in [-0.2, -0.15) is 0 Å². The zero-order valence-electron chi connectivity index (χ0n) is 29.1. The molecule has 8 atom stereocenters. The number of aliphatic imine (C=N–C) groups is 1. The molecular weight excluding hydrogens is 608 g/mol. The highest BCUT2D eigenvalue weighted by atomic mass is 16.6. The van der Waals surface area contributed by atoms with E-state index >= 15 is 0 Å². The van der Waals surface area contributed by atoms with Crippen LogP contribution in [0.5, 0.6) is 5.75 Å². The van der Waals surface area contributed by atoms with Crippen molar-refractivity contribution in [1.82, 2.24) is 10.2 Å². The van der Waals surface area contributed by atoms with E-state index in [1.54, 1.807) is 25.0 Å². The number of hydrogen-bond donors (Lipinski definition) is 2.